The van der Waals surface area contributed by atoms with Gasteiger partial charge in [-0.15, -0.1) is 11.1 Å². The standard InChI is InChI=1S/C52H58N2Si2/c1-11-13-29-55(33(3)4,34(5)6)31-27-39-37-19-15-17-21-43(37)51-47-41(39)23-25-45-49(47)50-46(53-51)26-24-42-40(28-32-56(35(7)8,36(9)10)30-14-12-2)38-20-16-18-22-44(38)52(54-45)48(42)50/h15-26,33-36H,11-14,29-30H2,1-10H3. The van der Waals surface area contributed by atoms with Crippen LogP contribution in [0.25, 0.3) is 75.9 Å². The highest BCUT2D eigenvalue weighted by atomic mass is 28.3. The summed E-state index contributed by atoms with van der Waals surface area (Å²) in [5.41, 5.74) is 17.0. The van der Waals surface area contributed by atoms with Crippen molar-refractivity contribution in [3.8, 4) is 22.9 Å². The summed E-state index contributed by atoms with van der Waals surface area (Å²) >= 11 is 0. The van der Waals surface area contributed by atoms with Gasteiger partial charge in [0.05, 0.1) is 22.1 Å². The van der Waals surface area contributed by atoms with E-state index >= 15 is 0 Å². The van der Waals surface area contributed by atoms with Crippen molar-refractivity contribution in [2.75, 3.05) is 0 Å². The lowest BCUT2D eigenvalue weighted by molar-refractivity contribution is 0.817. The van der Waals surface area contributed by atoms with Crippen molar-refractivity contribution >= 4 is 92.1 Å². The minimum Gasteiger partial charge on any atom is -0.247 e. The summed E-state index contributed by atoms with van der Waals surface area (Å²) in [6.07, 6.45) is 4.91. The number of unbranched alkanes of at least 4 members (excludes halogenated alkanes) is 2. The molecule has 0 unspecified atom stereocenters. The third kappa shape index (κ3) is 5.82. The molecular weight excluding hydrogens is 709 g/mol. The molecule has 0 bridgehead atoms. The average molecular weight is 767 g/mol. The van der Waals surface area contributed by atoms with Crippen LogP contribution in [0.15, 0.2) is 72.8 Å². The van der Waals surface area contributed by atoms with Gasteiger partial charge in [-0.2, -0.15) is 0 Å². The molecule has 0 aliphatic rings. The number of hydrogen-bond acceptors (Lipinski definition) is 2. The Morgan fingerprint density at radius 2 is 0.804 bits per heavy atom. The lowest BCUT2D eigenvalue weighted by Gasteiger charge is -2.34. The molecule has 0 aliphatic heterocycles. The van der Waals surface area contributed by atoms with E-state index in [1.165, 1.54) is 91.6 Å². The van der Waals surface area contributed by atoms with Gasteiger partial charge in [-0.05, 0) is 46.4 Å². The third-order valence-electron chi connectivity index (χ3n) is 13.8. The Morgan fingerprint density at radius 1 is 0.446 bits per heavy atom. The van der Waals surface area contributed by atoms with E-state index in [1.54, 1.807) is 0 Å². The Balaban J connectivity index is 1.50. The number of rotatable bonds is 10. The number of hydrogen-bond donors (Lipinski definition) is 0. The average Bonchev–Trinajstić information content (AvgIpc) is 3.19. The summed E-state index contributed by atoms with van der Waals surface area (Å²) in [7, 11) is -3.87. The molecule has 284 valence electrons. The van der Waals surface area contributed by atoms with Crippen LogP contribution in [0.5, 0.6) is 0 Å². The van der Waals surface area contributed by atoms with Crippen LogP contribution in [0.3, 0.4) is 0 Å². The predicted molar refractivity (Wildman–Crippen MR) is 252 cm³/mol. The van der Waals surface area contributed by atoms with Crippen molar-refractivity contribution in [3.63, 3.8) is 0 Å². The maximum Gasteiger partial charge on any atom is 0.143 e. The zero-order valence-electron chi connectivity index (χ0n) is 35.4. The number of aromatic nitrogens is 2. The largest absolute Gasteiger partial charge is 0.247 e. The smallest absolute Gasteiger partial charge is 0.143 e. The van der Waals surface area contributed by atoms with E-state index in [0.29, 0.717) is 22.2 Å². The van der Waals surface area contributed by atoms with Crippen LogP contribution in [-0.2, 0) is 0 Å². The molecule has 2 nitrogen and oxygen atoms in total. The topological polar surface area (TPSA) is 25.8 Å². The molecule has 0 fully saturated rings. The molecule has 8 rings (SSSR count). The highest BCUT2D eigenvalue weighted by molar-refractivity contribution is 6.90. The molecule has 2 heterocycles. The van der Waals surface area contributed by atoms with Crippen LogP contribution in [0.4, 0.5) is 0 Å². The summed E-state index contributed by atoms with van der Waals surface area (Å²) in [5.74, 6) is 7.93. The molecule has 8 aromatic rings. The molecule has 6 aromatic carbocycles. The van der Waals surface area contributed by atoms with Gasteiger partial charge in [0, 0.05) is 65.0 Å². The maximum absolute atomic E-state index is 5.59. The van der Waals surface area contributed by atoms with Gasteiger partial charge in [-0.3, -0.25) is 0 Å². The molecular formula is C52H58N2Si2. The fraction of sp³-hybridized carbons (Fsp3) is 0.385. The van der Waals surface area contributed by atoms with E-state index < -0.39 is 16.1 Å². The highest BCUT2D eigenvalue weighted by Gasteiger charge is 2.39. The lowest BCUT2D eigenvalue weighted by atomic mass is 9.87. The second-order valence-corrected chi connectivity index (χ2v) is 28.2. The second kappa shape index (κ2) is 14.8. The quantitative estimate of drug-likeness (QED) is 0.0599. The fourth-order valence-corrected chi connectivity index (χ4v) is 19.4. The molecule has 0 saturated carbocycles. The maximum atomic E-state index is 5.59. The van der Waals surface area contributed by atoms with Crippen molar-refractivity contribution < 1.29 is 0 Å². The lowest BCUT2D eigenvalue weighted by Crippen LogP contribution is -2.40. The second-order valence-electron chi connectivity index (χ2n) is 17.9. The van der Waals surface area contributed by atoms with Crippen LogP contribution in [0, 0.1) is 22.9 Å². The van der Waals surface area contributed by atoms with Gasteiger partial charge in [0.2, 0.25) is 0 Å². The van der Waals surface area contributed by atoms with Gasteiger partial charge in [0.25, 0.3) is 0 Å². The van der Waals surface area contributed by atoms with E-state index in [1.807, 2.05) is 0 Å². The normalized spacial score (nSPS) is 12.9. The van der Waals surface area contributed by atoms with E-state index in [0.717, 1.165) is 33.2 Å². The molecule has 4 heteroatoms. The van der Waals surface area contributed by atoms with Crippen molar-refractivity contribution in [1.82, 2.24) is 9.97 Å². The Labute approximate surface area is 336 Å². The number of benzene rings is 6. The summed E-state index contributed by atoms with van der Waals surface area (Å²) < 4.78 is 0. The van der Waals surface area contributed by atoms with E-state index in [9.17, 15) is 0 Å². The Bertz CT molecular complexity index is 2660. The number of nitrogens with zero attached hydrogens (tertiary/aromatic N) is 2. The SMILES string of the molecule is CCCC[Si](C#Cc1c2ccccc2c2nc3ccc4c(C#C[Si](CCCC)(C(C)C)C(C)C)c5ccccc5c5nc6ccc1c2c6c3c45)(C(C)C)C(C)C. The highest BCUT2D eigenvalue weighted by Crippen LogP contribution is 2.47. The van der Waals surface area contributed by atoms with Crippen molar-refractivity contribution in [2.24, 2.45) is 0 Å². The molecule has 0 aliphatic carbocycles. The van der Waals surface area contributed by atoms with Gasteiger partial charge in [0.15, 0.2) is 0 Å². The first-order chi connectivity index (χ1) is 27.0. The van der Waals surface area contributed by atoms with E-state index in [4.69, 9.17) is 9.97 Å². The molecule has 0 atom stereocenters. The van der Waals surface area contributed by atoms with Crippen molar-refractivity contribution in [3.05, 3.63) is 83.9 Å². The van der Waals surface area contributed by atoms with Crippen LogP contribution < -0.4 is 0 Å². The zero-order valence-corrected chi connectivity index (χ0v) is 37.4. The summed E-state index contributed by atoms with van der Waals surface area (Å²) in [6, 6.07) is 29.3. The fourth-order valence-electron chi connectivity index (χ4n) is 10.4. The van der Waals surface area contributed by atoms with Gasteiger partial charge in [-0.25, -0.2) is 9.97 Å². The number of pyridine rings is 2. The Kier molecular flexibility index (Phi) is 10.1. The van der Waals surface area contributed by atoms with Crippen LogP contribution in [0.1, 0.15) is 106 Å². The Hall–Kier alpha value is -4.49. The van der Waals surface area contributed by atoms with Crippen LogP contribution >= 0.6 is 0 Å². The summed E-state index contributed by atoms with van der Waals surface area (Å²) in [5, 5.41) is 11.9. The molecule has 0 spiro atoms. The molecule has 2 aromatic heterocycles. The van der Waals surface area contributed by atoms with Gasteiger partial charge in [-0.1, -0.05) is 167 Å². The number of fused-ring (bicyclic) bond motifs is 4. The first-order valence-electron chi connectivity index (χ1n) is 21.5. The molecule has 0 amide bonds. The molecule has 0 N–H and O–H groups in total. The summed E-state index contributed by atoms with van der Waals surface area (Å²) in [6.45, 7) is 24.0. The molecule has 56 heavy (non-hydrogen) atoms. The first-order valence-corrected chi connectivity index (χ1v) is 26.2. The van der Waals surface area contributed by atoms with Gasteiger partial charge in [0.1, 0.15) is 16.1 Å². The van der Waals surface area contributed by atoms with E-state index in [2.05, 4.69) is 165 Å². The zero-order chi connectivity index (χ0) is 39.5. The monoisotopic (exact) mass is 766 g/mol. The van der Waals surface area contributed by atoms with Gasteiger partial charge >= 0.3 is 0 Å². The minimum absolute atomic E-state index is 0.586. The van der Waals surface area contributed by atoms with Crippen molar-refractivity contribution in [1.29, 1.82) is 0 Å². The van der Waals surface area contributed by atoms with Crippen LogP contribution in [0.2, 0.25) is 34.3 Å². The van der Waals surface area contributed by atoms with Crippen molar-refractivity contribution in [2.45, 2.75) is 129 Å². The minimum atomic E-state index is -1.93. The first kappa shape index (κ1) is 38.4. The third-order valence-corrected chi connectivity index (χ3v) is 25.6. The van der Waals surface area contributed by atoms with Gasteiger partial charge < -0.3 is 0 Å². The molecule has 0 radical (unpaired) electrons. The molecule has 0 saturated heterocycles. The van der Waals surface area contributed by atoms with E-state index in [-0.39, 0.29) is 0 Å². The van der Waals surface area contributed by atoms with Crippen LogP contribution in [-0.4, -0.2) is 26.1 Å². The summed E-state index contributed by atoms with van der Waals surface area (Å²) in [4.78, 5) is 11.2. The Morgan fingerprint density at radius 3 is 1.14 bits per heavy atom. The predicted octanol–water partition coefficient (Wildman–Crippen LogP) is 15.3.